The van der Waals surface area contributed by atoms with Crippen LogP contribution in [0.2, 0.25) is 0 Å². The van der Waals surface area contributed by atoms with Gasteiger partial charge in [-0.05, 0) is 38.0 Å². The van der Waals surface area contributed by atoms with Crippen LogP contribution in [0.5, 0.6) is 0 Å². The Morgan fingerprint density at radius 2 is 2.29 bits per heavy atom. The van der Waals surface area contributed by atoms with E-state index in [-0.39, 0.29) is 6.10 Å². The van der Waals surface area contributed by atoms with E-state index in [4.69, 9.17) is 16.3 Å². The van der Waals surface area contributed by atoms with Crippen LogP contribution in [0.25, 0.3) is 0 Å². The average molecular weight is 255 g/mol. The highest BCUT2D eigenvalue weighted by atomic mass is 35.5. The number of nitrogens with zero attached hydrogens (tertiary/aromatic N) is 2. The summed E-state index contributed by atoms with van der Waals surface area (Å²) >= 11 is 5.82. The van der Waals surface area contributed by atoms with Crippen molar-refractivity contribution in [2.24, 2.45) is 0 Å². The summed E-state index contributed by atoms with van der Waals surface area (Å²) in [5.74, 6) is 1.57. The Hall–Kier alpha value is -0.800. The lowest BCUT2D eigenvalue weighted by Gasteiger charge is -2.38. The van der Waals surface area contributed by atoms with Gasteiger partial charge >= 0.3 is 0 Å². The topological polar surface area (TPSA) is 25.4 Å². The fourth-order valence-corrected chi connectivity index (χ4v) is 2.34. The largest absolute Gasteiger partial charge is 0.375 e. The van der Waals surface area contributed by atoms with Crippen LogP contribution in [-0.4, -0.2) is 30.3 Å². The Morgan fingerprint density at radius 1 is 1.53 bits per heavy atom. The zero-order chi connectivity index (χ0) is 12.4. The molecule has 2 unspecified atom stereocenters. The maximum absolute atomic E-state index is 5.82. The number of hydrogen-bond acceptors (Lipinski definition) is 3. The second kappa shape index (κ2) is 5.23. The van der Waals surface area contributed by atoms with Crippen LogP contribution in [0, 0.1) is 6.92 Å². The smallest absolute Gasteiger partial charge is 0.131 e. The molecule has 0 aromatic carbocycles. The summed E-state index contributed by atoms with van der Waals surface area (Å²) in [6.07, 6.45) is 2.13. The van der Waals surface area contributed by atoms with Crippen molar-refractivity contribution in [2.75, 3.05) is 18.1 Å². The number of rotatable bonds is 2. The first-order valence-electron chi connectivity index (χ1n) is 6.01. The van der Waals surface area contributed by atoms with E-state index in [2.05, 4.69) is 36.7 Å². The van der Waals surface area contributed by atoms with E-state index in [1.54, 1.807) is 0 Å². The Morgan fingerprint density at radius 3 is 2.94 bits per heavy atom. The minimum atomic E-state index is 0.264. The number of anilines is 1. The molecule has 0 N–H and O–H groups in total. The van der Waals surface area contributed by atoms with Crippen molar-refractivity contribution in [2.45, 2.75) is 38.8 Å². The monoisotopic (exact) mass is 254 g/mol. The second-order valence-electron chi connectivity index (χ2n) is 4.76. The molecule has 1 saturated heterocycles. The molecule has 0 bridgehead atoms. The van der Waals surface area contributed by atoms with Crippen molar-refractivity contribution in [1.82, 2.24) is 4.98 Å². The van der Waals surface area contributed by atoms with E-state index in [1.807, 2.05) is 6.20 Å². The van der Waals surface area contributed by atoms with Crippen LogP contribution >= 0.6 is 11.6 Å². The maximum atomic E-state index is 5.82. The van der Waals surface area contributed by atoms with Crippen LogP contribution in [0.1, 0.15) is 25.0 Å². The summed E-state index contributed by atoms with van der Waals surface area (Å²) in [6, 6.07) is 2.49. The van der Waals surface area contributed by atoms with Crippen molar-refractivity contribution in [3.8, 4) is 0 Å². The van der Waals surface area contributed by atoms with Gasteiger partial charge in [0.15, 0.2) is 0 Å². The summed E-state index contributed by atoms with van der Waals surface area (Å²) in [5, 5.41) is 0. The molecule has 4 heteroatoms. The molecule has 3 nitrogen and oxygen atoms in total. The van der Waals surface area contributed by atoms with Gasteiger partial charge in [-0.3, -0.25) is 0 Å². The second-order valence-corrected chi connectivity index (χ2v) is 5.03. The van der Waals surface area contributed by atoms with Crippen molar-refractivity contribution in [3.63, 3.8) is 0 Å². The molecule has 2 atom stereocenters. The lowest BCUT2D eigenvalue weighted by molar-refractivity contribution is 0.0340. The Labute approximate surface area is 108 Å². The fourth-order valence-electron chi connectivity index (χ4n) is 2.20. The summed E-state index contributed by atoms with van der Waals surface area (Å²) in [4.78, 5) is 6.86. The molecular formula is C13H19ClN2O. The third kappa shape index (κ3) is 2.72. The number of alkyl halides is 1. The van der Waals surface area contributed by atoms with Crippen LogP contribution in [0.3, 0.4) is 0 Å². The number of halogens is 1. The molecule has 0 aliphatic carbocycles. The molecule has 0 amide bonds. The number of morpholine rings is 1. The van der Waals surface area contributed by atoms with Gasteiger partial charge in [-0.25, -0.2) is 4.98 Å². The molecule has 1 aliphatic rings. The van der Waals surface area contributed by atoms with Gasteiger partial charge in [-0.1, -0.05) is 0 Å². The van der Waals surface area contributed by atoms with E-state index in [0.717, 1.165) is 24.5 Å². The summed E-state index contributed by atoms with van der Waals surface area (Å²) in [5.41, 5.74) is 2.26. The molecule has 0 spiro atoms. The quantitative estimate of drug-likeness (QED) is 0.759. The first-order valence-corrected chi connectivity index (χ1v) is 6.55. The molecule has 2 heterocycles. The van der Waals surface area contributed by atoms with E-state index < -0.39 is 0 Å². The summed E-state index contributed by atoms with van der Waals surface area (Å²) < 4.78 is 5.64. The maximum Gasteiger partial charge on any atom is 0.131 e. The number of hydrogen-bond donors (Lipinski definition) is 0. The molecule has 1 fully saturated rings. The van der Waals surface area contributed by atoms with Gasteiger partial charge in [-0.15, -0.1) is 11.6 Å². The lowest BCUT2D eigenvalue weighted by Crippen LogP contribution is -2.48. The summed E-state index contributed by atoms with van der Waals surface area (Å²) in [6.45, 7) is 8.02. The molecule has 1 aromatic heterocycles. The first kappa shape index (κ1) is 12.7. The van der Waals surface area contributed by atoms with E-state index in [0.29, 0.717) is 11.9 Å². The Balaban J connectivity index is 2.26. The SMILES string of the molecule is Cc1cc(CCl)cnc1N1CC(C)OCC1C. The third-order valence-corrected chi connectivity index (χ3v) is 3.45. The number of ether oxygens (including phenoxy) is 1. The van der Waals surface area contributed by atoms with E-state index >= 15 is 0 Å². The molecule has 0 saturated carbocycles. The molecule has 2 rings (SSSR count). The normalized spacial score (nSPS) is 25.1. The number of pyridine rings is 1. The first-order chi connectivity index (χ1) is 8.11. The van der Waals surface area contributed by atoms with Gasteiger partial charge < -0.3 is 9.64 Å². The molecule has 1 aromatic rings. The van der Waals surface area contributed by atoms with Crippen LogP contribution in [0.15, 0.2) is 12.3 Å². The Kier molecular flexibility index (Phi) is 3.89. The van der Waals surface area contributed by atoms with Gasteiger partial charge in [0.2, 0.25) is 0 Å². The standard InChI is InChI=1S/C13H19ClN2O/c1-9-4-12(5-14)6-15-13(9)16-7-11(3)17-8-10(16)2/h4,6,10-11H,5,7-8H2,1-3H3. The highest BCUT2D eigenvalue weighted by Crippen LogP contribution is 2.24. The van der Waals surface area contributed by atoms with Crippen LogP contribution < -0.4 is 4.90 Å². The summed E-state index contributed by atoms with van der Waals surface area (Å²) in [7, 11) is 0. The number of aryl methyl sites for hydroxylation is 1. The number of aromatic nitrogens is 1. The van der Waals surface area contributed by atoms with Gasteiger partial charge in [0, 0.05) is 18.6 Å². The third-order valence-electron chi connectivity index (χ3n) is 3.14. The van der Waals surface area contributed by atoms with E-state index in [9.17, 15) is 0 Å². The Bertz CT molecular complexity index is 397. The molecular weight excluding hydrogens is 236 g/mol. The highest BCUT2D eigenvalue weighted by Gasteiger charge is 2.25. The minimum Gasteiger partial charge on any atom is -0.375 e. The van der Waals surface area contributed by atoms with E-state index in [1.165, 1.54) is 5.56 Å². The molecule has 1 aliphatic heterocycles. The van der Waals surface area contributed by atoms with Crippen molar-refractivity contribution in [3.05, 3.63) is 23.4 Å². The fraction of sp³-hybridized carbons (Fsp3) is 0.615. The molecule has 94 valence electrons. The highest BCUT2D eigenvalue weighted by molar-refractivity contribution is 6.17. The molecule has 17 heavy (non-hydrogen) atoms. The van der Waals surface area contributed by atoms with Crippen LogP contribution in [-0.2, 0) is 10.6 Å². The van der Waals surface area contributed by atoms with Gasteiger partial charge in [-0.2, -0.15) is 0 Å². The van der Waals surface area contributed by atoms with Gasteiger partial charge in [0.05, 0.1) is 18.8 Å². The zero-order valence-electron chi connectivity index (χ0n) is 10.6. The predicted octanol–water partition coefficient (Wildman–Crippen LogP) is 2.74. The predicted molar refractivity (Wildman–Crippen MR) is 70.8 cm³/mol. The molecule has 0 radical (unpaired) electrons. The average Bonchev–Trinajstić information content (AvgIpc) is 2.32. The van der Waals surface area contributed by atoms with Crippen molar-refractivity contribution < 1.29 is 4.74 Å². The van der Waals surface area contributed by atoms with Crippen molar-refractivity contribution in [1.29, 1.82) is 0 Å². The van der Waals surface area contributed by atoms with Gasteiger partial charge in [0.25, 0.3) is 0 Å². The zero-order valence-corrected chi connectivity index (χ0v) is 11.4. The van der Waals surface area contributed by atoms with Crippen molar-refractivity contribution >= 4 is 17.4 Å². The minimum absolute atomic E-state index is 0.264. The lowest BCUT2D eigenvalue weighted by atomic mass is 10.1. The van der Waals surface area contributed by atoms with Crippen LogP contribution in [0.4, 0.5) is 5.82 Å². The van der Waals surface area contributed by atoms with Gasteiger partial charge in [0.1, 0.15) is 5.82 Å².